The van der Waals surface area contributed by atoms with Gasteiger partial charge in [-0.05, 0) is 20.0 Å². The largest absolute Gasteiger partial charge is 0.481 e. The van der Waals surface area contributed by atoms with Crippen molar-refractivity contribution in [2.24, 2.45) is 11.8 Å². The Hall–Kier alpha value is -1.34. The first-order chi connectivity index (χ1) is 9.88. The smallest absolute Gasteiger partial charge is 0.317 e. The quantitative estimate of drug-likeness (QED) is 0.741. The van der Waals surface area contributed by atoms with E-state index < -0.39 is 11.9 Å². The summed E-state index contributed by atoms with van der Waals surface area (Å²) in [6.07, 6.45) is 0. The zero-order valence-corrected chi connectivity index (χ0v) is 13.1. The van der Waals surface area contributed by atoms with Crippen molar-refractivity contribution in [1.29, 1.82) is 0 Å². The van der Waals surface area contributed by atoms with E-state index in [-0.39, 0.29) is 11.9 Å². The van der Waals surface area contributed by atoms with E-state index in [2.05, 4.69) is 29.2 Å². The maximum Gasteiger partial charge on any atom is 0.317 e. The van der Waals surface area contributed by atoms with Gasteiger partial charge in [-0.1, -0.05) is 6.92 Å². The van der Waals surface area contributed by atoms with E-state index in [1.165, 1.54) is 0 Å². The molecule has 0 aliphatic carbocycles. The van der Waals surface area contributed by atoms with Crippen LogP contribution in [0.4, 0.5) is 4.79 Å². The van der Waals surface area contributed by atoms with Crippen LogP contribution >= 0.6 is 0 Å². The molecule has 0 saturated carbocycles. The Kier molecular flexibility index (Phi) is 5.05. The van der Waals surface area contributed by atoms with Crippen molar-refractivity contribution in [2.45, 2.75) is 13.0 Å². The lowest BCUT2D eigenvalue weighted by molar-refractivity contribution is -0.142. The summed E-state index contributed by atoms with van der Waals surface area (Å²) in [5.74, 6) is -1.25. The normalized spacial score (nSPS) is 31.4. The second-order valence-corrected chi connectivity index (χ2v) is 6.41. The molecular formula is C14H26N4O3. The van der Waals surface area contributed by atoms with Gasteiger partial charge in [0.25, 0.3) is 0 Å². The van der Waals surface area contributed by atoms with Gasteiger partial charge in [-0.25, -0.2) is 4.79 Å². The second-order valence-electron chi connectivity index (χ2n) is 6.41. The van der Waals surface area contributed by atoms with Gasteiger partial charge in [0.05, 0.1) is 5.92 Å². The first kappa shape index (κ1) is 16.0. The molecule has 7 heteroatoms. The molecule has 2 fully saturated rings. The first-order valence-corrected chi connectivity index (χ1v) is 7.53. The molecule has 0 spiro atoms. The van der Waals surface area contributed by atoms with Crippen LogP contribution in [0.25, 0.3) is 0 Å². The number of carbonyl (C=O) groups is 2. The number of hydrogen-bond donors (Lipinski definition) is 2. The molecule has 2 aliphatic heterocycles. The molecule has 21 heavy (non-hydrogen) atoms. The number of urea groups is 1. The molecule has 7 nitrogen and oxygen atoms in total. The number of piperazine rings is 1. The number of rotatable bonds is 3. The summed E-state index contributed by atoms with van der Waals surface area (Å²) in [6, 6.07) is 0.162. The number of carboxylic acids is 1. The van der Waals surface area contributed by atoms with E-state index in [0.29, 0.717) is 25.7 Å². The third-order valence-corrected chi connectivity index (χ3v) is 4.69. The highest BCUT2D eigenvalue weighted by Gasteiger charge is 2.37. The number of nitrogens with zero attached hydrogens (tertiary/aromatic N) is 3. The lowest BCUT2D eigenvalue weighted by Crippen LogP contribution is -2.55. The minimum absolute atomic E-state index is 0.0109. The van der Waals surface area contributed by atoms with E-state index in [4.69, 9.17) is 5.11 Å². The predicted octanol–water partition coefficient (Wildman–Crippen LogP) is -0.406. The van der Waals surface area contributed by atoms with E-state index in [0.717, 1.165) is 19.6 Å². The number of likely N-dealkylation sites (tertiary alicyclic amines) is 1. The highest BCUT2D eigenvalue weighted by atomic mass is 16.4. The van der Waals surface area contributed by atoms with Crippen LogP contribution in [0.3, 0.4) is 0 Å². The Labute approximate surface area is 125 Å². The maximum absolute atomic E-state index is 12.2. The van der Waals surface area contributed by atoms with Gasteiger partial charge in [0.2, 0.25) is 0 Å². The summed E-state index contributed by atoms with van der Waals surface area (Å²) in [6.45, 7) is 6.29. The Morgan fingerprint density at radius 3 is 2.52 bits per heavy atom. The molecule has 0 radical (unpaired) electrons. The van der Waals surface area contributed by atoms with E-state index in [9.17, 15) is 9.59 Å². The minimum atomic E-state index is -0.813. The number of likely N-dealkylation sites (N-methyl/N-ethyl adjacent to an activating group) is 2. The fraction of sp³-hybridized carbons (Fsp3) is 0.857. The fourth-order valence-corrected chi connectivity index (χ4v) is 3.09. The molecular weight excluding hydrogens is 272 g/mol. The molecule has 120 valence electrons. The fourth-order valence-electron chi connectivity index (χ4n) is 3.09. The SMILES string of the molecule is CC1CN(C(=O)NCC2CN(C)CCN2C)CC1C(=O)O. The molecule has 3 atom stereocenters. The predicted molar refractivity (Wildman–Crippen MR) is 79.2 cm³/mol. The molecule has 0 aromatic rings. The van der Waals surface area contributed by atoms with E-state index in [1.807, 2.05) is 6.92 Å². The molecule has 2 N–H and O–H groups in total. The molecule has 2 amide bonds. The van der Waals surface area contributed by atoms with Crippen molar-refractivity contribution in [3.8, 4) is 0 Å². The minimum Gasteiger partial charge on any atom is -0.481 e. The highest BCUT2D eigenvalue weighted by Crippen LogP contribution is 2.23. The van der Waals surface area contributed by atoms with E-state index >= 15 is 0 Å². The Balaban J connectivity index is 1.81. The van der Waals surface area contributed by atoms with Gasteiger partial charge in [0.15, 0.2) is 0 Å². The summed E-state index contributed by atoms with van der Waals surface area (Å²) in [5, 5.41) is 12.1. The van der Waals surface area contributed by atoms with Gasteiger partial charge >= 0.3 is 12.0 Å². The topological polar surface area (TPSA) is 76.1 Å². The maximum atomic E-state index is 12.2. The van der Waals surface area contributed by atoms with E-state index in [1.54, 1.807) is 4.90 Å². The third-order valence-electron chi connectivity index (χ3n) is 4.69. The Morgan fingerprint density at radius 2 is 1.90 bits per heavy atom. The van der Waals surface area contributed by atoms with Crippen LogP contribution in [0, 0.1) is 11.8 Å². The van der Waals surface area contributed by atoms with Crippen LogP contribution in [0.15, 0.2) is 0 Å². The highest BCUT2D eigenvalue weighted by molar-refractivity contribution is 5.77. The van der Waals surface area contributed by atoms with Gasteiger partial charge in [-0.15, -0.1) is 0 Å². The van der Waals surface area contributed by atoms with Crippen molar-refractivity contribution in [3.05, 3.63) is 0 Å². The average molecular weight is 298 g/mol. The summed E-state index contributed by atoms with van der Waals surface area (Å²) >= 11 is 0. The van der Waals surface area contributed by atoms with Crippen molar-refractivity contribution in [3.63, 3.8) is 0 Å². The first-order valence-electron chi connectivity index (χ1n) is 7.53. The summed E-state index contributed by atoms with van der Waals surface area (Å²) in [7, 11) is 4.16. The second kappa shape index (κ2) is 6.62. The van der Waals surface area contributed by atoms with Crippen molar-refractivity contribution >= 4 is 12.0 Å². The summed E-state index contributed by atoms with van der Waals surface area (Å²) in [4.78, 5) is 29.4. The number of carboxylic acid groups (broad SMARTS) is 1. The zero-order valence-electron chi connectivity index (χ0n) is 13.1. The number of aliphatic carboxylic acids is 1. The summed E-state index contributed by atoms with van der Waals surface area (Å²) in [5.41, 5.74) is 0. The molecule has 2 heterocycles. The lowest BCUT2D eigenvalue weighted by Gasteiger charge is -2.37. The van der Waals surface area contributed by atoms with Crippen molar-refractivity contribution in [1.82, 2.24) is 20.0 Å². The monoisotopic (exact) mass is 298 g/mol. The van der Waals surface area contributed by atoms with Crippen LogP contribution < -0.4 is 5.32 Å². The number of amides is 2. The molecule has 0 bridgehead atoms. The molecule has 2 aliphatic rings. The molecule has 2 saturated heterocycles. The summed E-state index contributed by atoms with van der Waals surface area (Å²) < 4.78 is 0. The number of nitrogens with one attached hydrogen (secondary N) is 1. The van der Waals surface area contributed by atoms with Crippen LogP contribution in [-0.2, 0) is 4.79 Å². The Bertz CT molecular complexity index is 404. The lowest BCUT2D eigenvalue weighted by atomic mass is 9.99. The van der Waals surface area contributed by atoms with Gasteiger partial charge in [-0.2, -0.15) is 0 Å². The number of carbonyl (C=O) groups excluding carboxylic acids is 1. The van der Waals surface area contributed by atoms with Crippen molar-refractivity contribution < 1.29 is 14.7 Å². The van der Waals surface area contributed by atoms with Crippen LogP contribution in [-0.4, -0.2) is 91.2 Å². The van der Waals surface area contributed by atoms with Crippen LogP contribution in [0.1, 0.15) is 6.92 Å². The van der Waals surface area contributed by atoms with Crippen molar-refractivity contribution in [2.75, 3.05) is 53.4 Å². The third kappa shape index (κ3) is 3.85. The molecule has 3 unspecified atom stereocenters. The van der Waals surface area contributed by atoms with Crippen LogP contribution in [0.5, 0.6) is 0 Å². The average Bonchev–Trinajstić information content (AvgIpc) is 2.82. The zero-order chi connectivity index (χ0) is 15.6. The standard InChI is InChI=1S/C14H26N4O3/c1-10-7-18(9-12(10)13(19)20)14(21)15-6-11-8-16(2)4-5-17(11)3/h10-12H,4-9H2,1-3H3,(H,15,21)(H,19,20). The van der Waals surface area contributed by atoms with Gasteiger partial charge in [0, 0.05) is 45.3 Å². The van der Waals surface area contributed by atoms with Crippen LogP contribution in [0.2, 0.25) is 0 Å². The molecule has 2 rings (SSSR count). The Morgan fingerprint density at radius 1 is 1.19 bits per heavy atom. The number of hydrogen-bond acceptors (Lipinski definition) is 4. The van der Waals surface area contributed by atoms with Gasteiger partial charge in [-0.3, -0.25) is 9.69 Å². The molecule has 0 aromatic heterocycles. The van der Waals surface area contributed by atoms with Gasteiger partial charge < -0.3 is 20.2 Å². The molecule has 0 aromatic carbocycles. The van der Waals surface area contributed by atoms with Gasteiger partial charge in [0.1, 0.15) is 0 Å².